The number of carbonyl (C=O) groups is 1. The van der Waals surface area contributed by atoms with Crippen LogP contribution in [0.2, 0.25) is 0 Å². The van der Waals surface area contributed by atoms with Crippen molar-refractivity contribution < 1.29 is 9.18 Å². The Morgan fingerprint density at radius 3 is 2.29 bits per heavy atom. The smallest absolute Gasteiger partial charge is 0.250 e. The molecule has 0 radical (unpaired) electrons. The SMILES string of the molecule is CC/C=C\C(=O)N(C)/C(=C/C(F)=C(C)C)CC. The van der Waals surface area contributed by atoms with Crippen LogP contribution in [0, 0.1) is 0 Å². The fourth-order valence-electron chi connectivity index (χ4n) is 1.20. The Hall–Kier alpha value is -1.38. The van der Waals surface area contributed by atoms with E-state index in [0.717, 1.165) is 6.42 Å². The molecule has 0 aliphatic heterocycles. The van der Waals surface area contributed by atoms with E-state index < -0.39 is 0 Å². The number of rotatable bonds is 5. The maximum absolute atomic E-state index is 13.5. The Morgan fingerprint density at radius 1 is 1.29 bits per heavy atom. The lowest BCUT2D eigenvalue weighted by Crippen LogP contribution is -2.23. The summed E-state index contributed by atoms with van der Waals surface area (Å²) in [4.78, 5) is 13.2. The molecule has 0 spiro atoms. The minimum Gasteiger partial charge on any atom is -0.316 e. The molecule has 96 valence electrons. The van der Waals surface area contributed by atoms with Crippen LogP contribution in [0.5, 0.6) is 0 Å². The number of nitrogens with zero attached hydrogens (tertiary/aromatic N) is 1. The second-order valence-corrected chi connectivity index (χ2v) is 4.05. The largest absolute Gasteiger partial charge is 0.316 e. The Bertz CT molecular complexity index is 349. The van der Waals surface area contributed by atoms with Crippen LogP contribution in [0.4, 0.5) is 4.39 Å². The minimum atomic E-state index is -0.277. The van der Waals surface area contributed by atoms with Gasteiger partial charge in [-0.05, 0) is 44.4 Å². The van der Waals surface area contributed by atoms with Gasteiger partial charge in [0.1, 0.15) is 5.83 Å². The second-order valence-electron chi connectivity index (χ2n) is 4.05. The third-order valence-corrected chi connectivity index (χ3v) is 2.39. The summed E-state index contributed by atoms with van der Waals surface area (Å²) < 4.78 is 13.5. The molecule has 0 saturated carbocycles. The number of amides is 1. The molecule has 0 rings (SSSR count). The van der Waals surface area contributed by atoms with E-state index in [2.05, 4.69) is 0 Å². The van der Waals surface area contributed by atoms with Crippen LogP contribution in [0.25, 0.3) is 0 Å². The number of carbonyl (C=O) groups excluding carboxylic acids is 1. The average Bonchev–Trinajstić information content (AvgIpc) is 2.31. The molecular weight excluding hydrogens is 217 g/mol. The fraction of sp³-hybridized carbons (Fsp3) is 0.500. The van der Waals surface area contributed by atoms with Gasteiger partial charge in [0.2, 0.25) is 5.91 Å². The summed E-state index contributed by atoms with van der Waals surface area (Å²) in [5.74, 6) is -0.400. The predicted octanol–water partition coefficient (Wildman–Crippen LogP) is 3.97. The zero-order valence-electron chi connectivity index (χ0n) is 11.4. The summed E-state index contributed by atoms with van der Waals surface area (Å²) in [6.07, 6.45) is 6.16. The van der Waals surface area contributed by atoms with Gasteiger partial charge in [-0.3, -0.25) is 4.79 Å². The molecule has 0 fully saturated rings. The Balaban J connectivity index is 4.96. The summed E-state index contributed by atoms with van der Waals surface area (Å²) in [6.45, 7) is 7.27. The molecule has 17 heavy (non-hydrogen) atoms. The molecule has 0 aromatic heterocycles. The fourth-order valence-corrected chi connectivity index (χ4v) is 1.20. The minimum absolute atomic E-state index is 0.124. The lowest BCUT2D eigenvalue weighted by molar-refractivity contribution is -0.123. The van der Waals surface area contributed by atoms with Crippen molar-refractivity contribution in [1.29, 1.82) is 0 Å². The van der Waals surface area contributed by atoms with Gasteiger partial charge in [-0.1, -0.05) is 19.9 Å². The molecule has 1 amide bonds. The van der Waals surface area contributed by atoms with Crippen molar-refractivity contribution in [3.63, 3.8) is 0 Å². The Labute approximate surface area is 104 Å². The first-order valence-corrected chi connectivity index (χ1v) is 5.91. The highest BCUT2D eigenvalue weighted by molar-refractivity contribution is 5.88. The Kier molecular flexibility index (Phi) is 7.19. The van der Waals surface area contributed by atoms with Crippen LogP contribution in [0.15, 0.2) is 35.3 Å². The van der Waals surface area contributed by atoms with E-state index in [1.807, 2.05) is 13.8 Å². The van der Waals surface area contributed by atoms with Gasteiger partial charge < -0.3 is 4.90 Å². The molecule has 2 nitrogen and oxygen atoms in total. The molecule has 0 aliphatic rings. The number of allylic oxidation sites excluding steroid dienone is 5. The van der Waals surface area contributed by atoms with Crippen LogP contribution in [0.3, 0.4) is 0 Å². The highest BCUT2D eigenvalue weighted by Gasteiger charge is 2.09. The van der Waals surface area contributed by atoms with Crippen molar-refractivity contribution in [1.82, 2.24) is 4.90 Å². The van der Waals surface area contributed by atoms with Crippen molar-refractivity contribution in [2.45, 2.75) is 40.5 Å². The normalized spacial score (nSPS) is 11.8. The number of hydrogen-bond acceptors (Lipinski definition) is 1. The predicted molar refractivity (Wildman–Crippen MR) is 70.1 cm³/mol. The molecule has 0 saturated heterocycles. The molecule has 0 N–H and O–H groups in total. The van der Waals surface area contributed by atoms with Gasteiger partial charge in [0, 0.05) is 12.7 Å². The van der Waals surface area contributed by atoms with Gasteiger partial charge in [-0.2, -0.15) is 0 Å². The van der Waals surface area contributed by atoms with Crippen molar-refractivity contribution in [2.24, 2.45) is 0 Å². The van der Waals surface area contributed by atoms with Gasteiger partial charge in [-0.15, -0.1) is 0 Å². The Morgan fingerprint density at radius 2 is 1.88 bits per heavy atom. The first kappa shape index (κ1) is 15.6. The first-order chi connectivity index (χ1) is 7.93. The molecule has 0 unspecified atom stereocenters. The highest BCUT2D eigenvalue weighted by atomic mass is 19.1. The summed E-state index contributed by atoms with van der Waals surface area (Å²) >= 11 is 0. The summed E-state index contributed by atoms with van der Waals surface area (Å²) in [7, 11) is 1.66. The number of likely N-dealkylation sites (N-methyl/N-ethyl adjacent to an activating group) is 1. The van der Waals surface area contributed by atoms with E-state index >= 15 is 0 Å². The number of halogens is 1. The monoisotopic (exact) mass is 239 g/mol. The van der Waals surface area contributed by atoms with Crippen LogP contribution < -0.4 is 0 Å². The zero-order valence-corrected chi connectivity index (χ0v) is 11.4. The van der Waals surface area contributed by atoms with E-state index in [1.54, 1.807) is 27.0 Å². The quantitative estimate of drug-likeness (QED) is 0.525. The summed E-state index contributed by atoms with van der Waals surface area (Å²) in [5, 5.41) is 0. The van der Waals surface area contributed by atoms with Crippen LogP contribution in [0.1, 0.15) is 40.5 Å². The van der Waals surface area contributed by atoms with Crippen LogP contribution >= 0.6 is 0 Å². The topological polar surface area (TPSA) is 20.3 Å². The van der Waals surface area contributed by atoms with E-state index in [4.69, 9.17) is 0 Å². The lowest BCUT2D eigenvalue weighted by atomic mass is 10.2. The van der Waals surface area contributed by atoms with Gasteiger partial charge >= 0.3 is 0 Å². The molecular formula is C14H22FNO. The van der Waals surface area contributed by atoms with E-state index in [9.17, 15) is 9.18 Å². The summed E-state index contributed by atoms with van der Waals surface area (Å²) in [6, 6.07) is 0. The van der Waals surface area contributed by atoms with Crippen molar-refractivity contribution in [3.8, 4) is 0 Å². The standard InChI is InChI=1S/C14H22FNO/c1-6-8-9-14(17)16(5)12(7-2)10-13(15)11(3)4/h8-10H,6-7H2,1-5H3/b9-8-,12-10+. The first-order valence-electron chi connectivity index (χ1n) is 5.91. The highest BCUT2D eigenvalue weighted by Crippen LogP contribution is 2.14. The zero-order chi connectivity index (χ0) is 13.4. The molecule has 0 bridgehead atoms. The van der Waals surface area contributed by atoms with Crippen molar-refractivity contribution in [3.05, 3.63) is 35.3 Å². The van der Waals surface area contributed by atoms with E-state index in [0.29, 0.717) is 17.7 Å². The molecule has 0 aromatic rings. The molecule has 3 heteroatoms. The van der Waals surface area contributed by atoms with E-state index in [1.165, 1.54) is 17.1 Å². The van der Waals surface area contributed by atoms with E-state index in [-0.39, 0.29) is 11.7 Å². The molecule has 0 aliphatic carbocycles. The molecule has 0 atom stereocenters. The maximum atomic E-state index is 13.5. The van der Waals surface area contributed by atoms with Crippen molar-refractivity contribution in [2.75, 3.05) is 7.05 Å². The number of hydrogen-bond donors (Lipinski definition) is 0. The van der Waals surface area contributed by atoms with Gasteiger partial charge in [-0.25, -0.2) is 4.39 Å². The second kappa shape index (κ2) is 7.82. The third-order valence-electron chi connectivity index (χ3n) is 2.39. The molecule has 0 aromatic carbocycles. The lowest BCUT2D eigenvalue weighted by Gasteiger charge is -2.18. The maximum Gasteiger partial charge on any atom is 0.250 e. The van der Waals surface area contributed by atoms with Crippen molar-refractivity contribution >= 4 is 5.91 Å². The average molecular weight is 239 g/mol. The van der Waals surface area contributed by atoms with Gasteiger partial charge in [0.15, 0.2) is 0 Å². The summed E-state index contributed by atoms with van der Waals surface area (Å²) in [5.41, 5.74) is 1.29. The molecule has 0 heterocycles. The van der Waals surface area contributed by atoms with Gasteiger partial charge in [0.25, 0.3) is 0 Å². The van der Waals surface area contributed by atoms with Crippen LogP contribution in [-0.4, -0.2) is 17.9 Å². The third kappa shape index (κ3) is 5.48. The van der Waals surface area contributed by atoms with Gasteiger partial charge in [0.05, 0.1) is 0 Å². The van der Waals surface area contributed by atoms with Crippen LogP contribution in [-0.2, 0) is 4.79 Å².